The molecule has 100 valence electrons. The SMILES string of the molecule is Cc1ccccc1N(CCC(=O)O)Cc1cnoc1. The number of aromatic nitrogens is 1. The average molecular weight is 260 g/mol. The molecule has 2 rings (SSSR count). The third-order valence-corrected chi connectivity index (χ3v) is 2.91. The summed E-state index contributed by atoms with van der Waals surface area (Å²) in [6, 6.07) is 7.92. The van der Waals surface area contributed by atoms with E-state index in [0.29, 0.717) is 13.1 Å². The Balaban J connectivity index is 2.18. The molecule has 19 heavy (non-hydrogen) atoms. The van der Waals surface area contributed by atoms with Gasteiger partial charge in [0.2, 0.25) is 0 Å². The Morgan fingerprint density at radius 1 is 1.42 bits per heavy atom. The fourth-order valence-electron chi connectivity index (χ4n) is 1.96. The van der Waals surface area contributed by atoms with Crippen molar-refractivity contribution in [3.8, 4) is 0 Å². The maximum absolute atomic E-state index is 10.8. The van der Waals surface area contributed by atoms with E-state index in [0.717, 1.165) is 16.8 Å². The van der Waals surface area contributed by atoms with Crippen molar-refractivity contribution in [3.05, 3.63) is 47.9 Å². The molecule has 1 aromatic heterocycles. The zero-order chi connectivity index (χ0) is 13.7. The second-order valence-corrected chi connectivity index (χ2v) is 4.38. The van der Waals surface area contributed by atoms with E-state index in [2.05, 4.69) is 5.16 Å². The number of nitrogens with zero attached hydrogens (tertiary/aromatic N) is 2. The molecule has 1 heterocycles. The van der Waals surface area contributed by atoms with Gasteiger partial charge in [-0.1, -0.05) is 23.4 Å². The number of aryl methyl sites for hydroxylation is 1. The Hall–Kier alpha value is -2.30. The van der Waals surface area contributed by atoms with Crippen LogP contribution in [0.2, 0.25) is 0 Å². The van der Waals surface area contributed by atoms with Crippen LogP contribution in [0.1, 0.15) is 17.5 Å². The smallest absolute Gasteiger partial charge is 0.305 e. The van der Waals surface area contributed by atoms with Crippen LogP contribution < -0.4 is 4.90 Å². The minimum Gasteiger partial charge on any atom is -0.481 e. The number of para-hydroxylation sites is 1. The zero-order valence-electron chi connectivity index (χ0n) is 10.7. The number of carboxylic acids is 1. The summed E-state index contributed by atoms with van der Waals surface area (Å²) >= 11 is 0. The normalized spacial score (nSPS) is 10.4. The maximum Gasteiger partial charge on any atom is 0.305 e. The molecule has 0 spiro atoms. The quantitative estimate of drug-likeness (QED) is 0.864. The van der Waals surface area contributed by atoms with E-state index in [-0.39, 0.29) is 6.42 Å². The molecule has 0 aliphatic heterocycles. The van der Waals surface area contributed by atoms with Crippen LogP contribution in [0.5, 0.6) is 0 Å². The van der Waals surface area contributed by atoms with Crippen LogP contribution in [0.25, 0.3) is 0 Å². The predicted octanol–water partition coefficient (Wildman–Crippen LogP) is 2.46. The number of hydrogen-bond acceptors (Lipinski definition) is 4. The molecule has 0 amide bonds. The molecule has 5 heteroatoms. The van der Waals surface area contributed by atoms with Gasteiger partial charge in [0.15, 0.2) is 0 Å². The summed E-state index contributed by atoms with van der Waals surface area (Å²) in [5.74, 6) is -0.802. The number of carboxylic acid groups (broad SMARTS) is 1. The third-order valence-electron chi connectivity index (χ3n) is 2.91. The van der Waals surface area contributed by atoms with Crippen molar-refractivity contribution in [3.63, 3.8) is 0 Å². The molecule has 0 saturated carbocycles. The summed E-state index contributed by atoms with van der Waals surface area (Å²) in [5.41, 5.74) is 3.07. The summed E-state index contributed by atoms with van der Waals surface area (Å²) < 4.78 is 4.81. The van der Waals surface area contributed by atoms with E-state index in [4.69, 9.17) is 9.63 Å². The molecule has 0 aliphatic carbocycles. The molecule has 0 radical (unpaired) electrons. The van der Waals surface area contributed by atoms with Gasteiger partial charge in [-0.25, -0.2) is 0 Å². The molecular weight excluding hydrogens is 244 g/mol. The Bertz CT molecular complexity index is 537. The van der Waals surface area contributed by atoms with Crippen molar-refractivity contribution in [2.45, 2.75) is 19.9 Å². The molecule has 0 bridgehead atoms. The fourth-order valence-corrected chi connectivity index (χ4v) is 1.96. The highest BCUT2D eigenvalue weighted by molar-refractivity contribution is 5.68. The fraction of sp³-hybridized carbons (Fsp3) is 0.286. The van der Waals surface area contributed by atoms with Gasteiger partial charge in [-0.05, 0) is 18.6 Å². The summed E-state index contributed by atoms with van der Waals surface area (Å²) in [6.45, 7) is 3.05. The van der Waals surface area contributed by atoms with Gasteiger partial charge in [0.05, 0.1) is 12.6 Å². The number of aliphatic carboxylic acids is 1. The maximum atomic E-state index is 10.8. The Morgan fingerprint density at radius 2 is 2.21 bits per heavy atom. The van der Waals surface area contributed by atoms with Gasteiger partial charge in [-0.3, -0.25) is 4.79 Å². The first-order valence-electron chi connectivity index (χ1n) is 6.07. The van der Waals surface area contributed by atoms with Crippen LogP contribution in [0, 0.1) is 6.92 Å². The van der Waals surface area contributed by atoms with Crippen molar-refractivity contribution < 1.29 is 14.4 Å². The Labute approximate surface area is 111 Å². The molecule has 0 unspecified atom stereocenters. The largest absolute Gasteiger partial charge is 0.481 e. The highest BCUT2D eigenvalue weighted by Gasteiger charge is 2.12. The van der Waals surface area contributed by atoms with Crippen molar-refractivity contribution in [2.24, 2.45) is 0 Å². The van der Waals surface area contributed by atoms with E-state index in [1.165, 1.54) is 0 Å². The van der Waals surface area contributed by atoms with Crippen molar-refractivity contribution in [1.29, 1.82) is 0 Å². The van der Waals surface area contributed by atoms with Crippen LogP contribution in [0.3, 0.4) is 0 Å². The van der Waals surface area contributed by atoms with Crippen molar-refractivity contribution in [2.75, 3.05) is 11.4 Å². The predicted molar refractivity (Wildman–Crippen MR) is 71.0 cm³/mol. The third kappa shape index (κ3) is 3.58. The van der Waals surface area contributed by atoms with Crippen LogP contribution in [0.15, 0.2) is 41.2 Å². The molecule has 1 N–H and O–H groups in total. The molecule has 0 atom stereocenters. The van der Waals surface area contributed by atoms with E-state index in [9.17, 15) is 4.79 Å². The Kier molecular flexibility index (Phi) is 4.18. The van der Waals surface area contributed by atoms with Crippen molar-refractivity contribution >= 4 is 11.7 Å². The summed E-state index contributed by atoms with van der Waals surface area (Å²) in [6.07, 6.45) is 3.32. The van der Waals surface area contributed by atoms with Crippen LogP contribution in [-0.4, -0.2) is 22.8 Å². The summed E-state index contributed by atoms with van der Waals surface area (Å²) in [4.78, 5) is 12.8. The van der Waals surface area contributed by atoms with Gasteiger partial charge < -0.3 is 14.5 Å². The number of benzene rings is 1. The zero-order valence-corrected chi connectivity index (χ0v) is 10.7. The first-order chi connectivity index (χ1) is 9.16. The highest BCUT2D eigenvalue weighted by atomic mass is 16.5. The average Bonchev–Trinajstić information content (AvgIpc) is 2.88. The first kappa shape index (κ1) is 13.1. The number of hydrogen-bond donors (Lipinski definition) is 1. The molecule has 2 aromatic rings. The first-order valence-corrected chi connectivity index (χ1v) is 6.07. The summed E-state index contributed by atoms with van der Waals surface area (Å²) in [7, 11) is 0. The second kappa shape index (κ2) is 6.04. The van der Waals surface area contributed by atoms with E-state index < -0.39 is 5.97 Å². The van der Waals surface area contributed by atoms with Gasteiger partial charge in [0, 0.05) is 24.3 Å². The standard InChI is InChI=1S/C14H16N2O3/c1-11-4-2-3-5-13(11)16(7-6-14(17)18)9-12-8-15-19-10-12/h2-5,8,10H,6-7,9H2,1H3,(H,17,18). The lowest BCUT2D eigenvalue weighted by Gasteiger charge is -2.25. The van der Waals surface area contributed by atoms with Gasteiger partial charge >= 0.3 is 5.97 Å². The van der Waals surface area contributed by atoms with Crippen LogP contribution in [-0.2, 0) is 11.3 Å². The van der Waals surface area contributed by atoms with Crippen molar-refractivity contribution in [1.82, 2.24) is 5.16 Å². The Morgan fingerprint density at radius 3 is 2.84 bits per heavy atom. The van der Waals surface area contributed by atoms with Gasteiger partial charge in [-0.2, -0.15) is 0 Å². The van der Waals surface area contributed by atoms with Crippen LogP contribution >= 0.6 is 0 Å². The second-order valence-electron chi connectivity index (χ2n) is 4.38. The lowest BCUT2D eigenvalue weighted by atomic mass is 10.1. The minimum atomic E-state index is -0.802. The molecule has 0 fully saturated rings. The lowest BCUT2D eigenvalue weighted by Crippen LogP contribution is -2.26. The van der Waals surface area contributed by atoms with Gasteiger partial charge in [0.1, 0.15) is 6.26 Å². The molecule has 1 aromatic carbocycles. The number of rotatable bonds is 6. The molecule has 0 saturated heterocycles. The van der Waals surface area contributed by atoms with Gasteiger partial charge in [0.25, 0.3) is 0 Å². The molecule has 5 nitrogen and oxygen atoms in total. The number of anilines is 1. The number of carbonyl (C=O) groups is 1. The summed E-state index contributed by atoms with van der Waals surface area (Å²) in [5, 5.41) is 12.5. The highest BCUT2D eigenvalue weighted by Crippen LogP contribution is 2.21. The molecule has 0 aliphatic rings. The van der Waals surface area contributed by atoms with E-state index >= 15 is 0 Å². The topological polar surface area (TPSA) is 66.6 Å². The molecular formula is C14H16N2O3. The minimum absolute atomic E-state index is 0.0968. The van der Waals surface area contributed by atoms with Crippen LogP contribution in [0.4, 0.5) is 5.69 Å². The lowest BCUT2D eigenvalue weighted by molar-refractivity contribution is -0.136. The van der Waals surface area contributed by atoms with E-state index in [1.54, 1.807) is 12.5 Å². The van der Waals surface area contributed by atoms with E-state index in [1.807, 2.05) is 36.1 Å². The van der Waals surface area contributed by atoms with Gasteiger partial charge in [-0.15, -0.1) is 0 Å². The monoisotopic (exact) mass is 260 g/mol.